The van der Waals surface area contributed by atoms with E-state index in [0.717, 1.165) is 16.0 Å². The molecular weight excluding hydrogens is 476 g/mol. The lowest BCUT2D eigenvalue weighted by Crippen LogP contribution is -2.54. The molecule has 0 aliphatic carbocycles. The standard InChI is InChI=1S/C24H23BrN2O5/c1-5-9-32-21-18(25)12-16(13-20(21)31-6-2)11-17-22(28)26-24(30)27(23(17)29)19-10-14(3)7-8-15(19)4/h5,7-8,10-13H,1,6,9H2,2-4H3,(H,26,28,30)/b17-11+. The number of benzene rings is 2. The minimum absolute atomic E-state index is 0.167. The lowest BCUT2D eigenvalue weighted by Gasteiger charge is -2.28. The molecule has 4 amide bonds. The predicted octanol–water partition coefficient (Wildman–Crippen LogP) is 4.70. The summed E-state index contributed by atoms with van der Waals surface area (Å²) in [6, 6.07) is 8.02. The van der Waals surface area contributed by atoms with E-state index in [9.17, 15) is 14.4 Å². The van der Waals surface area contributed by atoms with E-state index < -0.39 is 17.8 Å². The molecule has 2 aromatic carbocycles. The molecular formula is C24H23BrN2O5. The van der Waals surface area contributed by atoms with E-state index in [2.05, 4.69) is 27.8 Å². The molecule has 0 unspecified atom stereocenters. The van der Waals surface area contributed by atoms with E-state index in [-0.39, 0.29) is 12.2 Å². The van der Waals surface area contributed by atoms with Gasteiger partial charge >= 0.3 is 6.03 Å². The summed E-state index contributed by atoms with van der Waals surface area (Å²) in [5.74, 6) is -0.529. The number of rotatable bonds is 7. The number of amides is 4. The maximum atomic E-state index is 13.2. The number of imide groups is 2. The number of urea groups is 1. The third-order valence-corrected chi connectivity index (χ3v) is 5.28. The third-order valence-electron chi connectivity index (χ3n) is 4.70. The first-order valence-electron chi connectivity index (χ1n) is 9.95. The van der Waals surface area contributed by atoms with E-state index in [1.54, 1.807) is 31.2 Å². The molecule has 0 bridgehead atoms. The Morgan fingerprint density at radius 1 is 1.12 bits per heavy atom. The molecule has 1 heterocycles. The normalized spacial score (nSPS) is 15.1. The zero-order chi connectivity index (χ0) is 23.4. The van der Waals surface area contributed by atoms with Crippen LogP contribution in [0.5, 0.6) is 11.5 Å². The van der Waals surface area contributed by atoms with Crippen LogP contribution in [0.25, 0.3) is 6.08 Å². The number of halogens is 1. The first-order valence-corrected chi connectivity index (χ1v) is 10.7. The number of nitrogens with zero attached hydrogens (tertiary/aromatic N) is 1. The molecule has 1 saturated heterocycles. The minimum Gasteiger partial charge on any atom is -0.490 e. The van der Waals surface area contributed by atoms with Gasteiger partial charge < -0.3 is 9.47 Å². The van der Waals surface area contributed by atoms with Crippen LogP contribution in [0.2, 0.25) is 0 Å². The molecule has 1 N–H and O–H groups in total. The molecule has 8 heteroatoms. The molecule has 32 heavy (non-hydrogen) atoms. The molecule has 3 rings (SSSR count). The first kappa shape index (κ1) is 23.3. The van der Waals surface area contributed by atoms with Crippen molar-refractivity contribution in [2.75, 3.05) is 18.1 Å². The Bertz CT molecular complexity index is 1140. The summed E-state index contributed by atoms with van der Waals surface area (Å²) in [5, 5.41) is 2.25. The summed E-state index contributed by atoms with van der Waals surface area (Å²) >= 11 is 3.45. The summed E-state index contributed by atoms with van der Waals surface area (Å²) in [7, 11) is 0. The fraction of sp³-hybridized carbons (Fsp3) is 0.208. The highest BCUT2D eigenvalue weighted by Gasteiger charge is 2.37. The van der Waals surface area contributed by atoms with Gasteiger partial charge in [0.05, 0.1) is 16.8 Å². The van der Waals surface area contributed by atoms with Crippen molar-refractivity contribution in [3.63, 3.8) is 0 Å². The van der Waals surface area contributed by atoms with Crippen LogP contribution in [0, 0.1) is 13.8 Å². The number of ether oxygens (including phenoxy) is 2. The Balaban J connectivity index is 2.05. The predicted molar refractivity (Wildman–Crippen MR) is 126 cm³/mol. The van der Waals surface area contributed by atoms with Crippen molar-refractivity contribution in [2.24, 2.45) is 0 Å². The van der Waals surface area contributed by atoms with Gasteiger partial charge in [-0.05, 0) is 77.7 Å². The van der Waals surface area contributed by atoms with E-state index in [1.165, 1.54) is 6.08 Å². The molecule has 1 aliphatic heterocycles. The van der Waals surface area contributed by atoms with Crippen molar-refractivity contribution in [3.05, 3.63) is 69.7 Å². The fourth-order valence-corrected chi connectivity index (χ4v) is 3.79. The van der Waals surface area contributed by atoms with Gasteiger partial charge in [-0.3, -0.25) is 14.9 Å². The molecule has 0 radical (unpaired) electrons. The molecule has 166 valence electrons. The van der Waals surface area contributed by atoms with Gasteiger partial charge in [0, 0.05) is 0 Å². The van der Waals surface area contributed by atoms with Crippen LogP contribution in [0.4, 0.5) is 10.5 Å². The molecule has 0 atom stereocenters. The number of aryl methyl sites for hydroxylation is 2. The van der Waals surface area contributed by atoms with Crippen LogP contribution >= 0.6 is 15.9 Å². The van der Waals surface area contributed by atoms with Gasteiger partial charge in [0.1, 0.15) is 12.2 Å². The zero-order valence-electron chi connectivity index (χ0n) is 18.0. The second kappa shape index (κ2) is 9.82. The lowest BCUT2D eigenvalue weighted by atomic mass is 10.0. The van der Waals surface area contributed by atoms with Crippen LogP contribution in [0.1, 0.15) is 23.6 Å². The number of hydrogen-bond acceptors (Lipinski definition) is 5. The summed E-state index contributed by atoms with van der Waals surface area (Å²) in [4.78, 5) is 39.2. The summed E-state index contributed by atoms with van der Waals surface area (Å²) in [6.07, 6.45) is 3.04. The molecule has 7 nitrogen and oxygen atoms in total. The average Bonchev–Trinajstić information content (AvgIpc) is 2.73. The van der Waals surface area contributed by atoms with Gasteiger partial charge in [-0.2, -0.15) is 0 Å². The van der Waals surface area contributed by atoms with Gasteiger partial charge in [0.25, 0.3) is 11.8 Å². The first-order chi connectivity index (χ1) is 15.3. The van der Waals surface area contributed by atoms with Gasteiger partial charge in [0.15, 0.2) is 11.5 Å². The van der Waals surface area contributed by atoms with Crippen molar-refractivity contribution in [1.82, 2.24) is 5.32 Å². The van der Waals surface area contributed by atoms with Crippen LogP contribution in [-0.2, 0) is 9.59 Å². The van der Waals surface area contributed by atoms with E-state index in [0.29, 0.717) is 33.8 Å². The second-order valence-electron chi connectivity index (χ2n) is 7.11. The zero-order valence-corrected chi connectivity index (χ0v) is 19.6. The lowest BCUT2D eigenvalue weighted by molar-refractivity contribution is -0.122. The van der Waals surface area contributed by atoms with E-state index in [1.807, 2.05) is 26.0 Å². The second-order valence-corrected chi connectivity index (χ2v) is 7.96. The highest BCUT2D eigenvalue weighted by Crippen LogP contribution is 2.38. The molecule has 0 aromatic heterocycles. The molecule has 0 saturated carbocycles. The smallest absolute Gasteiger partial charge is 0.335 e. The van der Waals surface area contributed by atoms with Crippen molar-refractivity contribution >= 4 is 45.5 Å². The largest absolute Gasteiger partial charge is 0.490 e. The summed E-state index contributed by atoms with van der Waals surface area (Å²) in [6.45, 7) is 9.81. The third kappa shape index (κ3) is 4.75. The average molecular weight is 499 g/mol. The molecule has 2 aromatic rings. The number of barbiturate groups is 1. The van der Waals surface area contributed by atoms with Crippen LogP contribution < -0.4 is 19.7 Å². The number of nitrogens with one attached hydrogen (secondary N) is 1. The number of carbonyl (C=O) groups is 3. The van der Waals surface area contributed by atoms with E-state index in [4.69, 9.17) is 9.47 Å². The SMILES string of the molecule is C=CCOc1c(Br)cc(/C=C2\C(=O)NC(=O)N(c3cc(C)ccc3C)C2=O)cc1OCC. The molecule has 0 spiro atoms. The minimum atomic E-state index is -0.782. The fourth-order valence-electron chi connectivity index (χ4n) is 3.22. The van der Waals surface area contributed by atoms with Crippen molar-refractivity contribution in [3.8, 4) is 11.5 Å². The monoisotopic (exact) mass is 498 g/mol. The van der Waals surface area contributed by atoms with Crippen molar-refractivity contribution in [1.29, 1.82) is 0 Å². The quantitative estimate of drug-likeness (QED) is 0.339. The Hall–Kier alpha value is -3.39. The molecule has 1 aliphatic rings. The summed E-state index contributed by atoms with van der Waals surface area (Å²) in [5.41, 5.74) is 2.40. The van der Waals surface area contributed by atoms with Crippen LogP contribution in [0.3, 0.4) is 0 Å². The maximum Gasteiger partial charge on any atom is 0.335 e. The van der Waals surface area contributed by atoms with Gasteiger partial charge in [-0.25, -0.2) is 9.69 Å². The Morgan fingerprint density at radius 3 is 2.56 bits per heavy atom. The van der Waals surface area contributed by atoms with Crippen molar-refractivity contribution < 1.29 is 23.9 Å². The Morgan fingerprint density at radius 2 is 1.88 bits per heavy atom. The number of anilines is 1. The number of carbonyl (C=O) groups excluding carboxylic acids is 3. The Kier molecular flexibility index (Phi) is 7.15. The van der Waals surface area contributed by atoms with Crippen LogP contribution in [-0.4, -0.2) is 31.1 Å². The Labute approximate surface area is 194 Å². The highest BCUT2D eigenvalue weighted by atomic mass is 79.9. The topological polar surface area (TPSA) is 84.9 Å². The van der Waals surface area contributed by atoms with Crippen LogP contribution in [0.15, 0.2) is 53.0 Å². The number of hydrogen-bond donors (Lipinski definition) is 1. The van der Waals surface area contributed by atoms with Crippen molar-refractivity contribution in [2.45, 2.75) is 20.8 Å². The van der Waals surface area contributed by atoms with Gasteiger partial charge in [0.2, 0.25) is 0 Å². The molecule has 1 fully saturated rings. The summed E-state index contributed by atoms with van der Waals surface area (Å²) < 4.78 is 11.9. The highest BCUT2D eigenvalue weighted by molar-refractivity contribution is 9.10. The van der Waals surface area contributed by atoms with E-state index >= 15 is 0 Å². The maximum absolute atomic E-state index is 13.2. The van der Waals surface area contributed by atoms with Gasteiger partial charge in [-0.1, -0.05) is 24.8 Å². The van der Waals surface area contributed by atoms with Gasteiger partial charge in [-0.15, -0.1) is 0 Å².